The molecule has 0 N–H and O–H groups in total. The Labute approximate surface area is 162 Å². The van der Waals surface area contributed by atoms with E-state index in [9.17, 15) is 18.4 Å². The third-order valence-corrected chi connectivity index (χ3v) is 5.37. The van der Waals surface area contributed by atoms with Gasteiger partial charge in [-0.3, -0.25) is 9.59 Å². The number of likely N-dealkylation sites (tertiary alicyclic amines) is 1. The molecule has 28 heavy (non-hydrogen) atoms. The van der Waals surface area contributed by atoms with Crippen molar-refractivity contribution >= 4 is 23.1 Å². The predicted octanol–water partition coefficient (Wildman–Crippen LogP) is 3.98. The molecule has 1 fully saturated rings. The molecule has 0 unspecified atom stereocenters. The molecule has 144 valence electrons. The number of anilines is 1. The van der Waals surface area contributed by atoms with Crippen molar-refractivity contribution < 1.29 is 18.4 Å². The molecular formula is C22H20F2N2O2. The minimum atomic E-state index is -0.816. The van der Waals surface area contributed by atoms with E-state index in [-0.39, 0.29) is 17.0 Å². The molecule has 2 aromatic carbocycles. The summed E-state index contributed by atoms with van der Waals surface area (Å²) in [5.41, 5.74) is 0.744. The molecule has 0 spiro atoms. The molecule has 2 amide bonds. The van der Waals surface area contributed by atoms with E-state index >= 15 is 0 Å². The molecule has 2 aliphatic rings. The number of piperidine rings is 1. The Bertz CT molecular complexity index is 964. The van der Waals surface area contributed by atoms with Crippen molar-refractivity contribution in [3.8, 4) is 0 Å². The summed E-state index contributed by atoms with van der Waals surface area (Å²) in [4.78, 5) is 29.2. The average molecular weight is 382 g/mol. The number of benzene rings is 2. The zero-order valence-electron chi connectivity index (χ0n) is 15.5. The number of amides is 2. The highest BCUT2D eigenvalue weighted by atomic mass is 19.1. The highest BCUT2D eigenvalue weighted by Gasteiger charge is 2.43. The second-order valence-corrected chi connectivity index (χ2v) is 7.30. The highest BCUT2D eigenvalue weighted by molar-refractivity contribution is 6.45. The number of hydrogen-bond acceptors (Lipinski definition) is 3. The lowest BCUT2D eigenvalue weighted by molar-refractivity contribution is -0.120. The largest absolute Gasteiger partial charge is 0.366 e. The fourth-order valence-corrected chi connectivity index (χ4v) is 3.78. The lowest BCUT2D eigenvalue weighted by atomic mass is 9.97. The monoisotopic (exact) mass is 382 g/mol. The van der Waals surface area contributed by atoms with Gasteiger partial charge in [0.25, 0.3) is 11.8 Å². The van der Waals surface area contributed by atoms with Crippen LogP contribution in [0, 0.1) is 17.6 Å². The Hall–Kier alpha value is -3.02. The first-order valence-electron chi connectivity index (χ1n) is 9.36. The van der Waals surface area contributed by atoms with Gasteiger partial charge in [0.05, 0.1) is 11.3 Å². The van der Waals surface area contributed by atoms with Crippen molar-refractivity contribution in [1.29, 1.82) is 0 Å². The van der Waals surface area contributed by atoms with Gasteiger partial charge in [-0.05, 0) is 36.5 Å². The SMILES string of the molecule is CC1CCN(C2=C(c3ccccc3)C(=O)N(c3cc(F)ccc3F)C2=O)CC1. The van der Waals surface area contributed by atoms with Gasteiger partial charge in [-0.1, -0.05) is 37.3 Å². The van der Waals surface area contributed by atoms with Crippen LogP contribution >= 0.6 is 0 Å². The van der Waals surface area contributed by atoms with Crippen LogP contribution in [0.2, 0.25) is 0 Å². The second kappa shape index (κ2) is 7.19. The molecule has 4 nitrogen and oxygen atoms in total. The molecule has 2 aliphatic heterocycles. The van der Waals surface area contributed by atoms with E-state index < -0.39 is 23.4 Å². The van der Waals surface area contributed by atoms with Crippen LogP contribution in [0.3, 0.4) is 0 Å². The first-order chi connectivity index (χ1) is 13.5. The molecule has 1 saturated heterocycles. The summed E-state index contributed by atoms with van der Waals surface area (Å²) in [6.07, 6.45) is 1.81. The number of imide groups is 1. The summed E-state index contributed by atoms with van der Waals surface area (Å²) in [6.45, 7) is 3.44. The minimum Gasteiger partial charge on any atom is -0.366 e. The zero-order valence-corrected chi connectivity index (χ0v) is 15.5. The molecule has 6 heteroatoms. The number of halogens is 2. The molecule has 2 heterocycles. The van der Waals surface area contributed by atoms with Gasteiger partial charge in [0.2, 0.25) is 0 Å². The van der Waals surface area contributed by atoms with E-state index in [2.05, 4.69) is 6.92 Å². The van der Waals surface area contributed by atoms with Crippen LogP contribution in [-0.4, -0.2) is 29.8 Å². The van der Waals surface area contributed by atoms with Crippen molar-refractivity contribution in [1.82, 2.24) is 4.90 Å². The first-order valence-corrected chi connectivity index (χ1v) is 9.36. The van der Waals surface area contributed by atoms with Gasteiger partial charge in [-0.25, -0.2) is 13.7 Å². The number of carbonyl (C=O) groups is 2. The van der Waals surface area contributed by atoms with E-state index in [0.717, 1.165) is 35.9 Å². The molecule has 4 rings (SSSR count). The van der Waals surface area contributed by atoms with E-state index in [4.69, 9.17) is 0 Å². The van der Waals surface area contributed by atoms with Gasteiger partial charge in [0.15, 0.2) is 0 Å². The Morgan fingerprint density at radius 1 is 0.929 bits per heavy atom. The van der Waals surface area contributed by atoms with Crippen LogP contribution in [0.15, 0.2) is 54.2 Å². The van der Waals surface area contributed by atoms with Crippen molar-refractivity contribution in [2.75, 3.05) is 18.0 Å². The van der Waals surface area contributed by atoms with Crippen LogP contribution in [0.25, 0.3) is 5.57 Å². The Morgan fingerprint density at radius 2 is 1.61 bits per heavy atom. The van der Waals surface area contributed by atoms with E-state index in [1.807, 2.05) is 11.0 Å². The number of nitrogens with zero attached hydrogens (tertiary/aromatic N) is 2. The average Bonchev–Trinajstić information content (AvgIpc) is 2.95. The number of hydrogen-bond donors (Lipinski definition) is 0. The summed E-state index contributed by atoms with van der Waals surface area (Å²) < 4.78 is 28.1. The maximum absolute atomic E-state index is 14.4. The smallest absolute Gasteiger partial charge is 0.282 e. The summed E-state index contributed by atoms with van der Waals surface area (Å²) in [5, 5.41) is 0. The van der Waals surface area contributed by atoms with Crippen LogP contribution < -0.4 is 4.90 Å². The summed E-state index contributed by atoms with van der Waals surface area (Å²) >= 11 is 0. The van der Waals surface area contributed by atoms with Gasteiger partial charge in [-0.15, -0.1) is 0 Å². The molecule has 0 bridgehead atoms. The molecule has 2 aromatic rings. The quantitative estimate of drug-likeness (QED) is 0.754. The molecule has 0 aliphatic carbocycles. The van der Waals surface area contributed by atoms with Crippen molar-refractivity contribution in [3.05, 3.63) is 71.4 Å². The van der Waals surface area contributed by atoms with Gasteiger partial charge in [0, 0.05) is 19.2 Å². The summed E-state index contributed by atoms with van der Waals surface area (Å²) in [7, 11) is 0. The van der Waals surface area contributed by atoms with Crippen LogP contribution in [0.5, 0.6) is 0 Å². The summed E-state index contributed by atoms with van der Waals surface area (Å²) in [5.74, 6) is -2.22. The van der Waals surface area contributed by atoms with E-state index in [0.29, 0.717) is 24.6 Å². The van der Waals surface area contributed by atoms with Gasteiger partial charge in [0.1, 0.15) is 17.3 Å². The standard InChI is InChI=1S/C22H20F2N2O2/c1-14-9-11-25(12-10-14)20-19(15-5-3-2-4-6-15)21(27)26(22(20)28)18-13-16(23)7-8-17(18)24/h2-8,13-14H,9-12H2,1H3. The lowest BCUT2D eigenvalue weighted by Crippen LogP contribution is -2.38. The number of rotatable bonds is 3. The second-order valence-electron chi connectivity index (χ2n) is 7.30. The third kappa shape index (κ3) is 3.09. The highest BCUT2D eigenvalue weighted by Crippen LogP contribution is 2.37. The molecule has 0 atom stereocenters. The Balaban J connectivity index is 1.83. The van der Waals surface area contributed by atoms with Crippen molar-refractivity contribution in [3.63, 3.8) is 0 Å². The summed E-state index contributed by atoms with van der Waals surface area (Å²) in [6, 6.07) is 11.6. The Morgan fingerprint density at radius 3 is 2.29 bits per heavy atom. The van der Waals surface area contributed by atoms with E-state index in [1.54, 1.807) is 24.3 Å². The fraction of sp³-hybridized carbons (Fsp3) is 0.273. The molecular weight excluding hydrogens is 362 g/mol. The zero-order chi connectivity index (χ0) is 19.8. The van der Waals surface area contributed by atoms with Gasteiger partial charge >= 0.3 is 0 Å². The maximum atomic E-state index is 14.4. The third-order valence-electron chi connectivity index (χ3n) is 5.37. The number of carbonyl (C=O) groups excluding carboxylic acids is 2. The fourth-order valence-electron chi connectivity index (χ4n) is 3.78. The molecule has 0 saturated carbocycles. The van der Waals surface area contributed by atoms with Crippen molar-refractivity contribution in [2.45, 2.75) is 19.8 Å². The first kappa shape index (κ1) is 18.3. The Kier molecular flexibility index (Phi) is 4.71. The van der Waals surface area contributed by atoms with Gasteiger partial charge < -0.3 is 4.90 Å². The van der Waals surface area contributed by atoms with Crippen molar-refractivity contribution in [2.24, 2.45) is 5.92 Å². The van der Waals surface area contributed by atoms with Crippen LogP contribution in [0.4, 0.5) is 14.5 Å². The predicted molar refractivity (Wildman–Crippen MR) is 102 cm³/mol. The normalized spacial score (nSPS) is 18.4. The van der Waals surface area contributed by atoms with Gasteiger partial charge in [-0.2, -0.15) is 0 Å². The van der Waals surface area contributed by atoms with Crippen LogP contribution in [0.1, 0.15) is 25.3 Å². The van der Waals surface area contributed by atoms with Crippen LogP contribution in [-0.2, 0) is 9.59 Å². The van der Waals surface area contributed by atoms with E-state index in [1.165, 1.54) is 0 Å². The topological polar surface area (TPSA) is 40.6 Å². The molecule has 0 aromatic heterocycles. The lowest BCUT2D eigenvalue weighted by Gasteiger charge is -2.32. The maximum Gasteiger partial charge on any atom is 0.282 e. The molecule has 0 radical (unpaired) electrons. The minimum absolute atomic E-state index is 0.240.